The van der Waals surface area contributed by atoms with Crippen LogP contribution in [0.25, 0.3) is 0 Å². The van der Waals surface area contributed by atoms with Gasteiger partial charge in [-0.05, 0) is 36.1 Å². The van der Waals surface area contributed by atoms with Crippen molar-refractivity contribution in [1.82, 2.24) is 15.3 Å². The topological polar surface area (TPSA) is 78.1 Å². The lowest BCUT2D eigenvalue weighted by Gasteiger charge is -2.21. The number of anilines is 1. The van der Waals surface area contributed by atoms with Crippen LogP contribution in [-0.4, -0.2) is 29.0 Å². The first-order chi connectivity index (χ1) is 15.1. The minimum Gasteiger partial charge on any atom is -0.349 e. The van der Waals surface area contributed by atoms with E-state index >= 15 is 0 Å². The Morgan fingerprint density at radius 1 is 1.10 bits per heavy atom. The Hall–Kier alpha value is -3.48. The molecule has 6 nitrogen and oxygen atoms in total. The average molecular weight is 420 g/mol. The van der Waals surface area contributed by atoms with Gasteiger partial charge >= 0.3 is 0 Å². The minimum absolute atomic E-state index is 0.0723. The Labute approximate surface area is 180 Å². The molecule has 1 atom stereocenters. The van der Waals surface area contributed by atoms with Gasteiger partial charge in [-0.25, -0.2) is 9.37 Å². The molecule has 4 rings (SSSR count). The average Bonchev–Trinajstić information content (AvgIpc) is 3.29. The maximum Gasteiger partial charge on any atom is 0.252 e. The summed E-state index contributed by atoms with van der Waals surface area (Å²) in [7, 11) is 0. The molecule has 1 fully saturated rings. The van der Waals surface area contributed by atoms with Crippen LogP contribution in [0, 0.1) is 5.82 Å². The number of benzene rings is 2. The van der Waals surface area contributed by atoms with Gasteiger partial charge in [0.05, 0.1) is 18.2 Å². The number of aromatic amines is 1. The lowest BCUT2D eigenvalue weighted by Crippen LogP contribution is -2.32. The highest BCUT2D eigenvalue weighted by molar-refractivity contribution is 5.79. The van der Waals surface area contributed by atoms with Gasteiger partial charge in [0.2, 0.25) is 11.9 Å². The van der Waals surface area contributed by atoms with Gasteiger partial charge < -0.3 is 10.2 Å². The highest BCUT2D eigenvalue weighted by Crippen LogP contribution is 2.20. The van der Waals surface area contributed by atoms with E-state index in [2.05, 4.69) is 20.2 Å². The fourth-order valence-electron chi connectivity index (χ4n) is 3.90. The van der Waals surface area contributed by atoms with E-state index in [1.54, 1.807) is 12.1 Å². The molecule has 0 aliphatic carbocycles. The third-order valence-corrected chi connectivity index (χ3v) is 5.39. The lowest BCUT2D eigenvalue weighted by molar-refractivity contribution is -0.121. The molecule has 0 saturated carbocycles. The van der Waals surface area contributed by atoms with Crippen molar-refractivity contribution in [3.63, 3.8) is 0 Å². The molecule has 0 unspecified atom stereocenters. The van der Waals surface area contributed by atoms with Crippen molar-refractivity contribution < 1.29 is 9.18 Å². The van der Waals surface area contributed by atoms with Gasteiger partial charge in [0, 0.05) is 25.6 Å². The summed E-state index contributed by atoms with van der Waals surface area (Å²) in [5.74, 6) is -0.00554. The maximum absolute atomic E-state index is 13.5. The van der Waals surface area contributed by atoms with Crippen molar-refractivity contribution in [3.8, 4) is 0 Å². The summed E-state index contributed by atoms with van der Waals surface area (Å²) in [5, 5.41) is 3.03. The van der Waals surface area contributed by atoms with Crippen LogP contribution < -0.4 is 15.8 Å². The number of H-pyrrole nitrogens is 1. The Morgan fingerprint density at radius 2 is 1.87 bits per heavy atom. The predicted molar refractivity (Wildman–Crippen MR) is 117 cm³/mol. The molecule has 1 amide bonds. The predicted octanol–water partition coefficient (Wildman–Crippen LogP) is 3.15. The van der Waals surface area contributed by atoms with E-state index in [9.17, 15) is 14.0 Å². The summed E-state index contributed by atoms with van der Waals surface area (Å²) in [4.78, 5) is 34.5. The van der Waals surface area contributed by atoms with E-state index in [4.69, 9.17) is 0 Å². The van der Waals surface area contributed by atoms with Crippen molar-refractivity contribution in [3.05, 3.63) is 93.7 Å². The molecule has 1 aliphatic heterocycles. The van der Waals surface area contributed by atoms with Gasteiger partial charge in [-0.15, -0.1) is 0 Å². The van der Waals surface area contributed by atoms with E-state index in [0.717, 1.165) is 31.5 Å². The SMILES string of the molecule is O=C(Cc1cccc(F)c1)N[C@H](Cc1cc(=O)[nH]c(N2CCCC2)n1)c1ccccc1. The molecule has 160 valence electrons. The van der Waals surface area contributed by atoms with Crippen LogP contribution in [0.15, 0.2) is 65.5 Å². The van der Waals surface area contributed by atoms with Crippen LogP contribution in [0.1, 0.15) is 35.7 Å². The van der Waals surface area contributed by atoms with Crippen molar-refractivity contribution in [1.29, 1.82) is 0 Å². The van der Waals surface area contributed by atoms with Crippen molar-refractivity contribution >= 4 is 11.9 Å². The third kappa shape index (κ3) is 5.57. The van der Waals surface area contributed by atoms with Crippen LogP contribution in [0.4, 0.5) is 10.3 Å². The second-order valence-corrected chi connectivity index (χ2v) is 7.80. The highest BCUT2D eigenvalue weighted by Gasteiger charge is 2.19. The first-order valence-electron chi connectivity index (χ1n) is 10.5. The lowest BCUT2D eigenvalue weighted by atomic mass is 10.0. The van der Waals surface area contributed by atoms with E-state index in [-0.39, 0.29) is 29.7 Å². The molecule has 1 saturated heterocycles. The second-order valence-electron chi connectivity index (χ2n) is 7.80. The Morgan fingerprint density at radius 3 is 2.61 bits per heavy atom. The number of rotatable bonds is 7. The first-order valence-corrected chi connectivity index (χ1v) is 10.5. The number of hydrogen-bond acceptors (Lipinski definition) is 4. The molecule has 31 heavy (non-hydrogen) atoms. The van der Waals surface area contributed by atoms with Crippen LogP contribution in [0.3, 0.4) is 0 Å². The number of amides is 1. The molecule has 0 bridgehead atoms. The summed E-state index contributed by atoms with van der Waals surface area (Å²) in [6.45, 7) is 1.75. The smallest absolute Gasteiger partial charge is 0.252 e. The van der Waals surface area contributed by atoms with Gasteiger partial charge in [0.15, 0.2) is 0 Å². The number of nitrogens with zero attached hydrogens (tertiary/aromatic N) is 2. The Bertz CT molecular complexity index is 1090. The second kappa shape index (κ2) is 9.55. The van der Waals surface area contributed by atoms with E-state index in [1.807, 2.05) is 30.3 Å². The molecule has 2 heterocycles. The molecule has 2 aromatic carbocycles. The summed E-state index contributed by atoms with van der Waals surface area (Å²) < 4.78 is 13.5. The zero-order valence-electron chi connectivity index (χ0n) is 17.2. The van der Waals surface area contributed by atoms with Crippen LogP contribution in [0.2, 0.25) is 0 Å². The molecular weight excluding hydrogens is 395 g/mol. The molecule has 2 N–H and O–H groups in total. The number of carbonyl (C=O) groups excluding carboxylic acids is 1. The van der Waals surface area contributed by atoms with Crippen molar-refractivity contribution in [2.45, 2.75) is 31.7 Å². The van der Waals surface area contributed by atoms with E-state index in [1.165, 1.54) is 18.2 Å². The zero-order chi connectivity index (χ0) is 21.6. The van der Waals surface area contributed by atoms with Crippen molar-refractivity contribution in [2.24, 2.45) is 0 Å². The van der Waals surface area contributed by atoms with Gasteiger partial charge in [-0.2, -0.15) is 0 Å². The summed E-state index contributed by atoms with van der Waals surface area (Å²) >= 11 is 0. The first kappa shape index (κ1) is 20.8. The summed E-state index contributed by atoms with van der Waals surface area (Å²) in [6, 6.07) is 16.7. The number of hydrogen-bond donors (Lipinski definition) is 2. The monoisotopic (exact) mass is 420 g/mol. The standard InChI is InChI=1S/C24H25FN4O2/c25-19-10-6-7-17(13-19)14-22(30)27-21(18-8-2-1-3-9-18)15-20-16-23(31)28-24(26-20)29-11-4-5-12-29/h1-3,6-10,13,16,21H,4-5,11-12,14-15H2,(H,27,30)(H,26,28,31)/t21-/m1/s1. The third-order valence-electron chi connectivity index (χ3n) is 5.39. The Balaban J connectivity index is 1.54. The van der Waals surface area contributed by atoms with Crippen LogP contribution in [-0.2, 0) is 17.6 Å². The fourth-order valence-corrected chi connectivity index (χ4v) is 3.90. The largest absolute Gasteiger partial charge is 0.349 e. The van der Waals surface area contributed by atoms with Crippen LogP contribution in [0.5, 0.6) is 0 Å². The number of aromatic nitrogens is 2. The maximum atomic E-state index is 13.5. The molecular formula is C24H25FN4O2. The zero-order valence-corrected chi connectivity index (χ0v) is 17.2. The molecule has 1 aromatic heterocycles. The minimum atomic E-state index is -0.368. The molecule has 1 aliphatic rings. The quantitative estimate of drug-likeness (QED) is 0.616. The van der Waals surface area contributed by atoms with E-state index in [0.29, 0.717) is 23.6 Å². The fraction of sp³-hybridized carbons (Fsp3) is 0.292. The summed E-state index contributed by atoms with van der Waals surface area (Å²) in [5.41, 5.74) is 1.94. The highest BCUT2D eigenvalue weighted by atomic mass is 19.1. The number of nitrogens with one attached hydrogen (secondary N) is 2. The number of carbonyl (C=O) groups is 1. The number of halogens is 1. The molecule has 3 aromatic rings. The van der Waals surface area contributed by atoms with Gasteiger partial charge in [-0.1, -0.05) is 42.5 Å². The van der Waals surface area contributed by atoms with Gasteiger partial charge in [0.1, 0.15) is 5.82 Å². The Kier molecular flexibility index (Phi) is 6.40. The normalized spacial score (nSPS) is 14.4. The molecule has 0 radical (unpaired) electrons. The van der Waals surface area contributed by atoms with Gasteiger partial charge in [0.25, 0.3) is 5.56 Å². The van der Waals surface area contributed by atoms with Gasteiger partial charge in [-0.3, -0.25) is 14.6 Å². The molecule has 0 spiro atoms. The molecule has 7 heteroatoms. The van der Waals surface area contributed by atoms with Crippen LogP contribution >= 0.6 is 0 Å². The van der Waals surface area contributed by atoms with E-state index < -0.39 is 0 Å². The summed E-state index contributed by atoms with van der Waals surface area (Å²) in [6.07, 6.45) is 2.61. The van der Waals surface area contributed by atoms with Crippen molar-refractivity contribution in [2.75, 3.05) is 18.0 Å².